The first-order valence-corrected chi connectivity index (χ1v) is 10.1. The molecule has 8 heteroatoms. The van der Waals surface area contributed by atoms with Crippen molar-refractivity contribution in [3.8, 4) is 11.1 Å². The summed E-state index contributed by atoms with van der Waals surface area (Å²) in [6.45, 7) is 5.62. The maximum absolute atomic E-state index is 13.1. The van der Waals surface area contributed by atoms with E-state index in [0.717, 1.165) is 22.5 Å². The molecular formula is C20H23F2NO4S. The lowest BCUT2D eigenvalue weighted by Crippen LogP contribution is -2.22. The van der Waals surface area contributed by atoms with Crippen LogP contribution in [0.1, 0.15) is 20.8 Å². The van der Waals surface area contributed by atoms with Crippen molar-refractivity contribution in [2.45, 2.75) is 27.3 Å². The molecule has 3 rings (SSSR count). The molecule has 0 radical (unpaired) electrons. The quantitative estimate of drug-likeness (QED) is 0.834. The Morgan fingerprint density at radius 2 is 1.82 bits per heavy atom. The number of hydrogen-bond acceptors (Lipinski definition) is 3. The van der Waals surface area contributed by atoms with Gasteiger partial charge in [-0.3, -0.25) is 13.8 Å². The predicted molar refractivity (Wildman–Crippen MR) is 106 cm³/mol. The summed E-state index contributed by atoms with van der Waals surface area (Å²) in [6.07, 6.45) is 3.29. The van der Waals surface area contributed by atoms with E-state index in [9.17, 15) is 22.6 Å². The number of aromatic nitrogens is 1. The fourth-order valence-electron chi connectivity index (χ4n) is 2.23. The summed E-state index contributed by atoms with van der Waals surface area (Å²) >= 11 is 0. The Labute approximate surface area is 164 Å². The number of allylic oxidation sites excluding steroid dienone is 1. The van der Waals surface area contributed by atoms with Crippen LogP contribution >= 0.6 is 0 Å². The fourth-order valence-corrected chi connectivity index (χ4v) is 3.42. The molecule has 1 aliphatic heterocycles. The lowest BCUT2D eigenvalue weighted by molar-refractivity contribution is -0.137. The van der Waals surface area contributed by atoms with Crippen molar-refractivity contribution in [3.63, 3.8) is 0 Å². The zero-order chi connectivity index (χ0) is 21.3. The summed E-state index contributed by atoms with van der Waals surface area (Å²) in [4.78, 5) is 22.1. The SMILES string of the molecule is CC.CC1C=CS(=O)C1.O=C(O)Cn1ccc(-c2ccc(F)c(F)c2)cc1=O. The monoisotopic (exact) mass is 411 g/mol. The average molecular weight is 411 g/mol. The van der Waals surface area contributed by atoms with E-state index in [2.05, 4.69) is 6.92 Å². The maximum Gasteiger partial charge on any atom is 0.323 e. The molecule has 0 bridgehead atoms. The van der Waals surface area contributed by atoms with Crippen LogP contribution in [0.4, 0.5) is 8.78 Å². The second kappa shape index (κ2) is 11.3. The first-order chi connectivity index (χ1) is 13.3. The van der Waals surface area contributed by atoms with Gasteiger partial charge in [0, 0.05) is 28.8 Å². The van der Waals surface area contributed by atoms with Gasteiger partial charge in [0.1, 0.15) is 6.54 Å². The number of nitrogens with zero attached hydrogens (tertiary/aromatic N) is 1. The van der Waals surface area contributed by atoms with Gasteiger partial charge >= 0.3 is 5.97 Å². The Morgan fingerprint density at radius 1 is 1.18 bits per heavy atom. The zero-order valence-electron chi connectivity index (χ0n) is 15.9. The highest BCUT2D eigenvalue weighted by Crippen LogP contribution is 2.19. The molecule has 5 nitrogen and oxygen atoms in total. The molecule has 0 aliphatic carbocycles. The second-order valence-corrected chi connectivity index (χ2v) is 7.12. The molecule has 0 fully saturated rings. The first kappa shape index (κ1) is 23.4. The van der Waals surface area contributed by atoms with Gasteiger partial charge < -0.3 is 9.67 Å². The van der Waals surface area contributed by atoms with Crippen molar-refractivity contribution in [2.24, 2.45) is 5.92 Å². The Balaban J connectivity index is 0.000000363. The van der Waals surface area contributed by atoms with Gasteiger partial charge in [0.15, 0.2) is 11.6 Å². The van der Waals surface area contributed by atoms with Crippen molar-refractivity contribution in [1.29, 1.82) is 0 Å². The highest BCUT2D eigenvalue weighted by Gasteiger charge is 2.08. The van der Waals surface area contributed by atoms with E-state index >= 15 is 0 Å². The molecule has 0 saturated heterocycles. The summed E-state index contributed by atoms with van der Waals surface area (Å²) in [5.74, 6) is -1.74. The number of carboxylic acid groups (broad SMARTS) is 1. The molecule has 28 heavy (non-hydrogen) atoms. The Bertz CT molecular complexity index is 925. The van der Waals surface area contributed by atoms with Gasteiger partial charge in [0.05, 0.1) is 0 Å². The molecule has 2 heterocycles. The van der Waals surface area contributed by atoms with Crippen molar-refractivity contribution >= 4 is 16.8 Å². The van der Waals surface area contributed by atoms with E-state index in [-0.39, 0.29) is 0 Å². The lowest BCUT2D eigenvalue weighted by atomic mass is 10.1. The minimum absolute atomic E-state index is 0.346. The number of pyridine rings is 1. The van der Waals surface area contributed by atoms with Crippen LogP contribution in [0.3, 0.4) is 0 Å². The predicted octanol–water partition coefficient (Wildman–Crippen LogP) is 3.80. The number of aliphatic carboxylic acids is 1. The second-order valence-electron chi connectivity index (χ2n) is 5.76. The summed E-state index contributed by atoms with van der Waals surface area (Å²) in [6, 6.07) is 5.93. The molecule has 1 aromatic heterocycles. The maximum atomic E-state index is 13.1. The highest BCUT2D eigenvalue weighted by molar-refractivity contribution is 7.88. The molecular weight excluding hydrogens is 388 g/mol. The third kappa shape index (κ3) is 7.19. The molecule has 2 atom stereocenters. The van der Waals surface area contributed by atoms with Crippen molar-refractivity contribution < 1.29 is 22.9 Å². The summed E-state index contributed by atoms with van der Waals surface area (Å²) in [7, 11) is -0.633. The van der Waals surface area contributed by atoms with Crippen molar-refractivity contribution in [1.82, 2.24) is 4.57 Å². The molecule has 152 valence electrons. The van der Waals surface area contributed by atoms with E-state index in [4.69, 9.17) is 5.11 Å². The lowest BCUT2D eigenvalue weighted by Gasteiger charge is -2.05. The number of carboxylic acids is 1. The van der Waals surface area contributed by atoms with Crippen LogP contribution in [0.25, 0.3) is 11.1 Å². The molecule has 2 aromatic rings. The summed E-state index contributed by atoms with van der Waals surface area (Å²) < 4.78 is 37.4. The van der Waals surface area contributed by atoms with Gasteiger partial charge in [0.25, 0.3) is 5.56 Å². The molecule has 2 unspecified atom stereocenters. The first-order valence-electron chi connectivity index (χ1n) is 8.69. The topological polar surface area (TPSA) is 76.4 Å². The summed E-state index contributed by atoms with van der Waals surface area (Å²) in [5.41, 5.74) is 0.216. The van der Waals surface area contributed by atoms with Gasteiger partial charge in [-0.1, -0.05) is 32.9 Å². The van der Waals surface area contributed by atoms with Gasteiger partial charge in [-0.15, -0.1) is 0 Å². The van der Waals surface area contributed by atoms with Gasteiger partial charge in [-0.25, -0.2) is 8.78 Å². The van der Waals surface area contributed by atoms with E-state index < -0.39 is 40.5 Å². The molecule has 0 spiro atoms. The Morgan fingerprint density at radius 3 is 2.25 bits per heavy atom. The zero-order valence-corrected chi connectivity index (χ0v) is 16.7. The van der Waals surface area contributed by atoms with Gasteiger partial charge in [0.2, 0.25) is 0 Å². The van der Waals surface area contributed by atoms with Gasteiger partial charge in [-0.2, -0.15) is 0 Å². The van der Waals surface area contributed by atoms with Gasteiger partial charge in [-0.05, 0) is 40.7 Å². The summed E-state index contributed by atoms with van der Waals surface area (Å²) in [5, 5.41) is 10.4. The molecule has 1 N–H and O–H groups in total. The fraction of sp³-hybridized carbons (Fsp3) is 0.300. The van der Waals surface area contributed by atoms with Crippen LogP contribution in [-0.4, -0.2) is 25.6 Å². The van der Waals surface area contributed by atoms with Crippen LogP contribution in [-0.2, 0) is 22.1 Å². The third-order valence-corrected chi connectivity index (χ3v) is 4.86. The van der Waals surface area contributed by atoms with Crippen LogP contribution in [0.15, 0.2) is 52.8 Å². The average Bonchev–Trinajstić information content (AvgIpc) is 3.04. The molecule has 1 aromatic carbocycles. The Kier molecular flexibility index (Phi) is 9.44. The smallest absolute Gasteiger partial charge is 0.323 e. The number of hydrogen-bond donors (Lipinski definition) is 1. The van der Waals surface area contributed by atoms with Crippen LogP contribution in [0.2, 0.25) is 0 Å². The third-order valence-electron chi connectivity index (χ3n) is 3.54. The number of benzene rings is 1. The Hall–Kier alpha value is -2.61. The van der Waals surface area contributed by atoms with Crippen molar-refractivity contribution in [2.75, 3.05) is 5.75 Å². The number of rotatable bonds is 3. The molecule has 1 aliphatic rings. The van der Waals surface area contributed by atoms with E-state index in [1.54, 1.807) is 5.41 Å². The van der Waals surface area contributed by atoms with Crippen molar-refractivity contribution in [3.05, 3.63) is 70.0 Å². The highest BCUT2D eigenvalue weighted by atomic mass is 32.2. The van der Waals surface area contributed by atoms with Crippen LogP contribution in [0, 0.1) is 17.6 Å². The minimum atomic E-state index is -1.14. The van der Waals surface area contributed by atoms with E-state index in [1.807, 2.05) is 19.9 Å². The van der Waals surface area contributed by atoms with E-state index in [0.29, 0.717) is 17.0 Å². The normalized spacial score (nSPS) is 17.2. The van der Waals surface area contributed by atoms with Crippen LogP contribution < -0.4 is 5.56 Å². The molecule has 0 saturated carbocycles. The minimum Gasteiger partial charge on any atom is -0.480 e. The van der Waals surface area contributed by atoms with Crippen LogP contribution in [0.5, 0.6) is 0 Å². The number of halogens is 2. The molecule has 0 amide bonds. The standard InChI is InChI=1S/C13H9F2NO3.C5H8OS.C2H6/c14-10-2-1-8(5-11(10)15)9-3-4-16(7-13(18)19)12(17)6-9;1-5-2-3-7(6)4-5;1-2/h1-6H,7H2,(H,18,19);2-3,5H,4H2,1H3;1-2H3. The number of carbonyl (C=O) groups is 1. The van der Waals surface area contributed by atoms with E-state index in [1.165, 1.54) is 24.4 Å². The largest absolute Gasteiger partial charge is 0.480 e.